The number of rotatable bonds is 8. The zero-order chi connectivity index (χ0) is 28.6. The van der Waals surface area contributed by atoms with Crippen LogP contribution in [0.2, 0.25) is 4.34 Å². The molecule has 3 aromatic heterocycles. The van der Waals surface area contributed by atoms with Crippen molar-refractivity contribution in [2.24, 2.45) is 0 Å². The minimum atomic E-state index is -3.39. The number of esters is 1. The molecule has 5 rings (SSSR count). The van der Waals surface area contributed by atoms with Crippen LogP contribution >= 0.6 is 33.7 Å². The summed E-state index contributed by atoms with van der Waals surface area (Å²) in [6.07, 6.45) is 3.57. The number of carbonyl (C=O) groups is 1. The number of halogens is 1. The Kier molecular flexibility index (Phi) is 8.37. The number of aryl methyl sites for hydroxylation is 2. The van der Waals surface area contributed by atoms with Crippen LogP contribution in [-0.4, -0.2) is 59.1 Å². The van der Waals surface area contributed by atoms with E-state index in [-0.39, 0.29) is 35.9 Å². The fourth-order valence-corrected chi connectivity index (χ4v) is 7.99. The lowest BCUT2D eigenvalue weighted by atomic mass is 9.89. The number of hydrogen-bond acceptors (Lipinski definition) is 10. The monoisotopic (exact) mass is 605 g/mol. The minimum absolute atomic E-state index is 0.116. The summed E-state index contributed by atoms with van der Waals surface area (Å²) in [7, 11) is -2.02. The summed E-state index contributed by atoms with van der Waals surface area (Å²) in [4.78, 5) is 17.8. The maximum Gasteiger partial charge on any atom is 0.306 e. The van der Waals surface area contributed by atoms with Crippen molar-refractivity contribution in [1.29, 1.82) is 0 Å². The first kappa shape index (κ1) is 28.8. The van der Waals surface area contributed by atoms with Crippen LogP contribution in [0.1, 0.15) is 54.2 Å². The molecule has 4 heterocycles. The highest BCUT2D eigenvalue weighted by atomic mass is 35.5. The molecule has 2 atom stereocenters. The molecule has 4 aromatic rings. The van der Waals surface area contributed by atoms with Gasteiger partial charge < -0.3 is 9.47 Å². The lowest BCUT2D eigenvalue weighted by molar-refractivity contribution is -0.140. The lowest BCUT2D eigenvalue weighted by Gasteiger charge is -2.41. The third-order valence-corrected chi connectivity index (χ3v) is 10.7. The number of thiophene rings is 1. The topological polar surface area (TPSA) is 123 Å². The molecule has 0 amide bonds. The van der Waals surface area contributed by atoms with E-state index >= 15 is 0 Å². The molecule has 0 saturated carbocycles. The fraction of sp³-hybridized carbons (Fsp3) is 0.407. The van der Waals surface area contributed by atoms with Crippen LogP contribution in [0.5, 0.6) is 5.75 Å². The van der Waals surface area contributed by atoms with Crippen LogP contribution in [0.25, 0.3) is 11.0 Å². The Morgan fingerprint density at radius 2 is 2.12 bits per heavy atom. The van der Waals surface area contributed by atoms with Gasteiger partial charge in [0.2, 0.25) is 0 Å². The molecule has 0 radical (unpaired) electrons. The van der Waals surface area contributed by atoms with Crippen molar-refractivity contribution < 1.29 is 23.4 Å². The smallest absolute Gasteiger partial charge is 0.306 e. The summed E-state index contributed by atoms with van der Waals surface area (Å²) >= 11 is 8.15. The average Bonchev–Trinajstić information content (AvgIpc) is 3.51. The maximum atomic E-state index is 12.5. The van der Waals surface area contributed by atoms with Crippen molar-refractivity contribution in [3.63, 3.8) is 0 Å². The van der Waals surface area contributed by atoms with Crippen LogP contribution in [0.4, 0.5) is 0 Å². The summed E-state index contributed by atoms with van der Waals surface area (Å²) in [5, 5.41) is 8.63. The molecule has 10 nitrogen and oxygen atoms in total. The first-order chi connectivity index (χ1) is 19.2. The van der Waals surface area contributed by atoms with Crippen LogP contribution in [0.15, 0.2) is 41.6 Å². The number of ether oxygens (including phenoxy) is 2. The summed E-state index contributed by atoms with van der Waals surface area (Å²) < 4.78 is 37.8. The molecule has 1 aliphatic heterocycles. The molecule has 0 aliphatic carbocycles. The number of aromatic nitrogens is 4. The third kappa shape index (κ3) is 5.31. The molecule has 2 N–H and O–H groups in total. The van der Waals surface area contributed by atoms with Gasteiger partial charge in [-0.05, 0) is 49.1 Å². The standard InChI is InChI=1S/C27H32ClN5O5S2/c1-5-18-15-32(40(35,36)24-13-29-10-9-22(24)38-18)14-17-11-23(39-27(17)28)20(12-25(34)37-4)19-7-8-21-26(16(19)3)30-31-33(21)6-2/h7-11,13,18,20,35-36H,5-6,12,14-15H2,1-4H3/t18-,20?/m1/s1. The highest BCUT2D eigenvalue weighted by Gasteiger charge is 2.36. The summed E-state index contributed by atoms with van der Waals surface area (Å²) in [5.41, 5.74) is 4.32. The van der Waals surface area contributed by atoms with Crippen LogP contribution in [0.3, 0.4) is 0 Å². The van der Waals surface area contributed by atoms with Gasteiger partial charge in [0.05, 0.1) is 36.1 Å². The molecular weight excluding hydrogens is 574 g/mol. The molecule has 0 bridgehead atoms. The Labute approximate surface area is 243 Å². The molecule has 214 valence electrons. The van der Waals surface area contributed by atoms with E-state index in [0.717, 1.165) is 32.6 Å². The number of carbonyl (C=O) groups excluding carboxylic acids is 1. The summed E-state index contributed by atoms with van der Waals surface area (Å²) in [6.45, 7) is 7.16. The second-order valence-electron chi connectivity index (χ2n) is 9.65. The van der Waals surface area contributed by atoms with Gasteiger partial charge in [0.15, 0.2) is 0 Å². The van der Waals surface area contributed by atoms with E-state index in [1.807, 2.05) is 43.7 Å². The zero-order valence-corrected chi connectivity index (χ0v) is 25.1. The zero-order valence-electron chi connectivity index (χ0n) is 22.7. The molecular formula is C27H32ClN5O5S2. The van der Waals surface area contributed by atoms with Gasteiger partial charge in [0.25, 0.3) is 0 Å². The quantitative estimate of drug-likeness (QED) is 0.224. The highest BCUT2D eigenvalue weighted by Crippen LogP contribution is 2.57. The van der Waals surface area contributed by atoms with Crippen LogP contribution in [0, 0.1) is 6.92 Å². The van der Waals surface area contributed by atoms with E-state index in [9.17, 15) is 13.9 Å². The van der Waals surface area contributed by atoms with E-state index in [2.05, 4.69) is 15.3 Å². The van der Waals surface area contributed by atoms with Gasteiger partial charge in [-0.2, -0.15) is 4.31 Å². The van der Waals surface area contributed by atoms with Gasteiger partial charge in [-0.1, -0.05) is 29.8 Å². The van der Waals surface area contributed by atoms with Crippen molar-refractivity contribution in [2.75, 3.05) is 13.7 Å². The van der Waals surface area contributed by atoms with Crippen LogP contribution in [-0.2, 0) is 22.6 Å². The Bertz CT molecular complexity index is 1540. The average molecular weight is 606 g/mol. The minimum Gasteiger partial charge on any atom is -0.487 e. The van der Waals surface area contributed by atoms with Crippen molar-refractivity contribution in [2.45, 2.75) is 63.6 Å². The Balaban J connectivity index is 1.52. The number of benzene rings is 1. The highest BCUT2D eigenvalue weighted by molar-refractivity contribution is 8.22. The molecule has 1 aliphatic rings. The summed E-state index contributed by atoms with van der Waals surface area (Å²) in [6, 6.07) is 7.58. The van der Waals surface area contributed by atoms with Crippen molar-refractivity contribution in [3.05, 3.63) is 62.6 Å². The third-order valence-electron chi connectivity index (χ3n) is 7.28. The largest absolute Gasteiger partial charge is 0.487 e. The molecule has 13 heteroatoms. The molecule has 40 heavy (non-hydrogen) atoms. The van der Waals surface area contributed by atoms with Gasteiger partial charge >= 0.3 is 5.97 Å². The Hall–Kier alpha value is -2.74. The first-order valence-corrected chi connectivity index (χ1v) is 15.7. The molecule has 1 aromatic carbocycles. The fourth-order valence-electron chi connectivity index (χ4n) is 5.03. The van der Waals surface area contributed by atoms with Crippen LogP contribution < -0.4 is 4.74 Å². The molecule has 0 fully saturated rings. The number of pyridine rings is 1. The van der Waals surface area contributed by atoms with Gasteiger partial charge in [0.1, 0.15) is 22.3 Å². The van der Waals surface area contributed by atoms with E-state index in [4.69, 9.17) is 21.1 Å². The normalized spacial score (nSPS) is 18.5. The predicted octanol–water partition coefficient (Wildman–Crippen LogP) is 6.26. The van der Waals surface area contributed by atoms with E-state index in [1.165, 1.54) is 24.6 Å². The van der Waals surface area contributed by atoms with Gasteiger partial charge in [-0.3, -0.25) is 18.9 Å². The molecule has 0 saturated heterocycles. The lowest BCUT2D eigenvalue weighted by Crippen LogP contribution is -2.34. The van der Waals surface area contributed by atoms with Crippen molar-refractivity contribution >= 4 is 50.7 Å². The molecule has 0 spiro atoms. The Morgan fingerprint density at radius 1 is 1.32 bits per heavy atom. The number of hydrogen-bond donors (Lipinski definition) is 2. The number of fused-ring (bicyclic) bond motifs is 2. The predicted molar refractivity (Wildman–Crippen MR) is 156 cm³/mol. The van der Waals surface area contributed by atoms with Gasteiger partial charge in [-0.15, -0.1) is 27.2 Å². The second-order valence-corrected chi connectivity index (χ2v) is 13.3. The number of methoxy groups -OCH3 is 1. The van der Waals surface area contributed by atoms with Gasteiger partial charge in [0, 0.05) is 36.1 Å². The van der Waals surface area contributed by atoms with E-state index in [1.54, 1.807) is 16.6 Å². The van der Waals surface area contributed by atoms with Crippen molar-refractivity contribution in [1.82, 2.24) is 24.3 Å². The second kappa shape index (κ2) is 11.6. The molecule has 1 unspecified atom stereocenters. The van der Waals surface area contributed by atoms with E-state index in [0.29, 0.717) is 29.6 Å². The number of nitrogens with zero attached hydrogens (tertiary/aromatic N) is 5. The SMILES string of the molecule is CC[C@@H]1CN(Cc2cc(C(CC(=O)OC)c3ccc4c(nnn4CC)c3C)sc2Cl)S(O)(O)c2cnccc2O1. The maximum absolute atomic E-state index is 12.5. The van der Waals surface area contributed by atoms with E-state index < -0.39 is 10.8 Å². The van der Waals surface area contributed by atoms with Crippen molar-refractivity contribution in [3.8, 4) is 5.75 Å². The Morgan fingerprint density at radius 3 is 2.85 bits per heavy atom. The summed E-state index contributed by atoms with van der Waals surface area (Å²) in [5.74, 6) is -0.256. The first-order valence-electron chi connectivity index (χ1n) is 13.0. The van der Waals surface area contributed by atoms with Gasteiger partial charge in [-0.25, -0.2) is 4.68 Å².